The first-order chi connectivity index (χ1) is 7.52. The van der Waals surface area contributed by atoms with Crippen LogP contribution in [-0.4, -0.2) is 27.7 Å². The third kappa shape index (κ3) is 3.35. The van der Waals surface area contributed by atoms with Crippen LogP contribution in [-0.2, 0) is 0 Å². The van der Waals surface area contributed by atoms with Crippen molar-refractivity contribution in [3.8, 4) is 0 Å². The van der Waals surface area contributed by atoms with Crippen LogP contribution in [0.5, 0.6) is 0 Å². The molecular weight excluding hydrogens is 212 g/mol. The maximum atomic E-state index is 10.6. The lowest BCUT2D eigenvalue weighted by Gasteiger charge is -2.12. The molecule has 1 aromatic rings. The number of rotatable bonds is 5. The first-order valence-electron chi connectivity index (χ1n) is 4.82. The van der Waals surface area contributed by atoms with Crippen LogP contribution < -0.4 is 11.1 Å². The van der Waals surface area contributed by atoms with Crippen molar-refractivity contribution in [1.82, 2.24) is 4.98 Å². The van der Waals surface area contributed by atoms with E-state index >= 15 is 0 Å². The number of nitrogen functional groups attached to an aromatic ring is 1. The molecule has 1 heterocycles. The minimum Gasteiger partial charge on any atom is -0.396 e. The van der Waals surface area contributed by atoms with E-state index in [4.69, 9.17) is 10.8 Å². The quantitative estimate of drug-likeness (QED) is 0.504. The fraction of sp³-hybridized carbons (Fsp3) is 0.444. The fourth-order valence-corrected chi connectivity index (χ4v) is 1.23. The van der Waals surface area contributed by atoms with Gasteiger partial charge in [0.05, 0.1) is 17.1 Å². The summed E-state index contributed by atoms with van der Waals surface area (Å²) in [5.41, 5.74) is 5.34. The van der Waals surface area contributed by atoms with Crippen molar-refractivity contribution in [2.45, 2.75) is 19.4 Å². The van der Waals surface area contributed by atoms with Gasteiger partial charge in [0.25, 0.3) is 5.69 Å². The van der Waals surface area contributed by atoms with Crippen molar-refractivity contribution < 1.29 is 10.0 Å². The molecule has 16 heavy (non-hydrogen) atoms. The number of nitro groups is 1. The average Bonchev–Trinajstić information content (AvgIpc) is 2.16. The molecule has 4 N–H and O–H groups in total. The highest BCUT2D eigenvalue weighted by Crippen LogP contribution is 2.19. The standard InChI is InChI=1S/C9H14N4O3/c1-6(2-3-14)11-9-5-7(13(15)16)4-8(10)12-9/h4-6,14H,2-3H2,1H3,(H3,10,11,12). The molecule has 0 spiro atoms. The molecule has 1 unspecified atom stereocenters. The van der Waals surface area contributed by atoms with Gasteiger partial charge in [-0.05, 0) is 13.3 Å². The smallest absolute Gasteiger partial charge is 0.276 e. The Balaban J connectivity index is 2.84. The molecule has 1 rings (SSSR count). The summed E-state index contributed by atoms with van der Waals surface area (Å²) in [6.45, 7) is 1.88. The molecule has 0 aromatic carbocycles. The number of pyridine rings is 1. The molecule has 1 atom stereocenters. The number of nitrogens with two attached hydrogens (primary N) is 1. The van der Waals surface area contributed by atoms with Gasteiger partial charge in [0.15, 0.2) is 0 Å². The van der Waals surface area contributed by atoms with Gasteiger partial charge in [-0.2, -0.15) is 0 Å². The Morgan fingerprint density at radius 2 is 2.38 bits per heavy atom. The molecule has 0 aliphatic carbocycles. The third-order valence-electron chi connectivity index (χ3n) is 2.00. The molecular formula is C9H14N4O3. The number of nitrogens with zero attached hydrogens (tertiary/aromatic N) is 2. The lowest BCUT2D eigenvalue weighted by molar-refractivity contribution is -0.384. The fourth-order valence-electron chi connectivity index (χ4n) is 1.23. The van der Waals surface area contributed by atoms with Crippen LogP contribution in [0.3, 0.4) is 0 Å². The lowest BCUT2D eigenvalue weighted by atomic mass is 10.2. The van der Waals surface area contributed by atoms with Crippen LogP contribution in [0.15, 0.2) is 12.1 Å². The molecule has 0 radical (unpaired) electrons. The van der Waals surface area contributed by atoms with Gasteiger partial charge in [-0.25, -0.2) is 4.98 Å². The number of aliphatic hydroxyl groups excluding tert-OH is 1. The van der Waals surface area contributed by atoms with Gasteiger partial charge >= 0.3 is 0 Å². The third-order valence-corrected chi connectivity index (χ3v) is 2.00. The van der Waals surface area contributed by atoms with E-state index in [9.17, 15) is 10.1 Å². The summed E-state index contributed by atoms with van der Waals surface area (Å²) < 4.78 is 0. The van der Waals surface area contributed by atoms with Crippen LogP contribution in [0.1, 0.15) is 13.3 Å². The number of anilines is 2. The molecule has 0 fully saturated rings. The highest BCUT2D eigenvalue weighted by molar-refractivity contribution is 5.52. The first kappa shape index (κ1) is 12.2. The van der Waals surface area contributed by atoms with E-state index in [1.807, 2.05) is 6.92 Å². The molecule has 0 saturated carbocycles. The number of hydrogen-bond donors (Lipinski definition) is 3. The van der Waals surface area contributed by atoms with Gasteiger partial charge in [-0.3, -0.25) is 10.1 Å². The van der Waals surface area contributed by atoms with Crippen molar-refractivity contribution >= 4 is 17.3 Å². The first-order valence-corrected chi connectivity index (χ1v) is 4.82. The van der Waals surface area contributed by atoms with Crippen LogP contribution >= 0.6 is 0 Å². The number of nitrogens with one attached hydrogen (secondary N) is 1. The summed E-state index contributed by atoms with van der Waals surface area (Å²) in [5, 5.41) is 22.2. The van der Waals surface area contributed by atoms with E-state index in [1.165, 1.54) is 12.1 Å². The Bertz CT molecular complexity index is 383. The maximum absolute atomic E-state index is 10.6. The van der Waals surface area contributed by atoms with E-state index in [2.05, 4.69) is 10.3 Å². The van der Waals surface area contributed by atoms with E-state index in [1.54, 1.807) is 0 Å². The highest BCUT2D eigenvalue weighted by atomic mass is 16.6. The minimum atomic E-state index is -0.528. The molecule has 0 aliphatic heterocycles. The summed E-state index contributed by atoms with van der Waals surface area (Å²) >= 11 is 0. The Morgan fingerprint density at radius 1 is 1.69 bits per heavy atom. The molecule has 0 saturated heterocycles. The van der Waals surface area contributed by atoms with Gasteiger partial charge in [-0.15, -0.1) is 0 Å². The number of aliphatic hydroxyl groups is 1. The van der Waals surface area contributed by atoms with Gasteiger partial charge in [0.1, 0.15) is 11.6 Å². The van der Waals surface area contributed by atoms with Crippen molar-refractivity contribution in [2.75, 3.05) is 17.7 Å². The average molecular weight is 226 g/mol. The lowest BCUT2D eigenvalue weighted by Crippen LogP contribution is -2.17. The van der Waals surface area contributed by atoms with E-state index in [0.717, 1.165) is 0 Å². The van der Waals surface area contributed by atoms with Gasteiger partial charge < -0.3 is 16.2 Å². The highest BCUT2D eigenvalue weighted by Gasteiger charge is 2.11. The van der Waals surface area contributed by atoms with Crippen molar-refractivity contribution in [2.24, 2.45) is 0 Å². The van der Waals surface area contributed by atoms with E-state index in [-0.39, 0.29) is 24.2 Å². The summed E-state index contributed by atoms with van der Waals surface area (Å²) in [6, 6.07) is 2.48. The van der Waals surface area contributed by atoms with Crippen molar-refractivity contribution in [3.63, 3.8) is 0 Å². The van der Waals surface area contributed by atoms with E-state index in [0.29, 0.717) is 12.2 Å². The minimum absolute atomic E-state index is 0.0288. The molecule has 0 bridgehead atoms. The molecule has 0 aliphatic rings. The second kappa shape index (κ2) is 5.26. The van der Waals surface area contributed by atoms with Crippen LogP contribution in [0.2, 0.25) is 0 Å². The van der Waals surface area contributed by atoms with Crippen LogP contribution in [0, 0.1) is 10.1 Å². The summed E-state index contributed by atoms with van der Waals surface area (Å²) in [5.74, 6) is 0.431. The molecule has 7 nitrogen and oxygen atoms in total. The number of hydrogen-bond acceptors (Lipinski definition) is 6. The second-order valence-corrected chi connectivity index (χ2v) is 3.45. The zero-order chi connectivity index (χ0) is 12.1. The summed E-state index contributed by atoms with van der Waals surface area (Å²) in [6.07, 6.45) is 0.532. The topological polar surface area (TPSA) is 114 Å². The molecule has 0 amide bonds. The van der Waals surface area contributed by atoms with Crippen LogP contribution in [0.25, 0.3) is 0 Å². The van der Waals surface area contributed by atoms with Crippen LogP contribution in [0.4, 0.5) is 17.3 Å². The second-order valence-electron chi connectivity index (χ2n) is 3.45. The monoisotopic (exact) mass is 226 g/mol. The zero-order valence-corrected chi connectivity index (χ0v) is 8.88. The maximum Gasteiger partial charge on any atom is 0.276 e. The van der Waals surface area contributed by atoms with Gasteiger partial charge in [0.2, 0.25) is 0 Å². The largest absolute Gasteiger partial charge is 0.396 e. The van der Waals surface area contributed by atoms with Crippen molar-refractivity contribution in [1.29, 1.82) is 0 Å². The normalized spacial score (nSPS) is 12.1. The summed E-state index contributed by atoms with van der Waals surface area (Å²) in [4.78, 5) is 14.0. The molecule has 1 aromatic heterocycles. The van der Waals surface area contributed by atoms with Crippen molar-refractivity contribution in [3.05, 3.63) is 22.2 Å². The Kier molecular flexibility index (Phi) is 4.01. The molecule has 88 valence electrons. The molecule has 7 heteroatoms. The van der Waals surface area contributed by atoms with E-state index < -0.39 is 4.92 Å². The Morgan fingerprint density at radius 3 is 2.94 bits per heavy atom. The SMILES string of the molecule is CC(CCO)Nc1cc([N+](=O)[O-])cc(N)n1. The predicted molar refractivity (Wildman–Crippen MR) is 60.1 cm³/mol. The Labute approximate surface area is 92.4 Å². The van der Waals surface area contributed by atoms with Gasteiger partial charge in [-0.1, -0.05) is 0 Å². The zero-order valence-electron chi connectivity index (χ0n) is 8.88. The Hall–Kier alpha value is -1.89. The predicted octanol–water partition coefficient (Wildman–Crippen LogP) is 0.755. The summed E-state index contributed by atoms with van der Waals surface area (Å²) in [7, 11) is 0. The van der Waals surface area contributed by atoms with Gasteiger partial charge in [0, 0.05) is 12.6 Å². The number of aromatic nitrogens is 1.